The first-order chi connectivity index (χ1) is 9.11. The van der Waals surface area contributed by atoms with Gasteiger partial charge in [0.1, 0.15) is 0 Å². The number of halogens is 1. The third-order valence-corrected chi connectivity index (χ3v) is 4.47. The number of rotatable bonds is 5. The van der Waals surface area contributed by atoms with Crippen molar-refractivity contribution >= 4 is 27.5 Å². The van der Waals surface area contributed by atoms with Gasteiger partial charge in [0.05, 0.1) is 0 Å². The van der Waals surface area contributed by atoms with Crippen molar-refractivity contribution in [3.8, 4) is 0 Å². The molecule has 1 aliphatic carbocycles. The van der Waals surface area contributed by atoms with E-state index in [1.807, 2.05) is 6.07 Å². The first-order valence-electron chi connectivity index (χ1n) is 6.67. The molecule has 1 aliphatic rings. The van der Waals surface area contributed by atoms with Gasteiger partial charge in [-0.3, -0.25) is 4.79 Å². The number of hydrogen-bond acceptors (Lipinski definition) is 3. The minimum Gasteiger partial charge on any atom is -0.380 e. The average molecular weight is 326 g/mol. The highest BCUT2D eigenvalue weighted by Gasteiger charge is 2.24. The maximum atomic E-state index is 11.1. The van der Waals surface area contributed by atoms with Crippen LogP contribution in [-0.4, -0.2) is 18.5 Å². The number of amides is 1. The van der Waals surface area contributed by atoms with E-state index in [9.17, 15) is 4.79 Å². The van der Waals surface area contributed by atoms with Crippen LogP contribution in [0.2, 0.25) is 0 Å². The zero-order valence-electron chi connectivity index (χ0n) is 10.9. The lowest BCUT2D eigenvalue weighted by Crippen LogP contribution is -2.35. The number of anilines is 1. The molecule has 1 atom stereocenters. The summed E-state index contributed by atoms with van der Waals surface area (Å²) in [5.41, 5.74) is 12.6. The molecule has 1 amide bonds. The second-order valence-electron chi connectivity index (χ2n) is 5.09. The number of primary amides is 1. The van der Waals surface area contributed by atoms with Crippen LogP contribution in [0, 0.1) is 5.92 Å². The molecular weight excluding hydrogens is 306 g/mol. The SMILES string of the molecule is NCC(Nc1ccc(C(N)=O)cc1Br)C1CCCC1. The summed E-state index contributed by atoms with van der Waals surface area (Å²) in [5, 5.41) is 3.48. The molecule has 1 saturated carbocycles. The highest BCUT2D eigenvalue weighted by molar-refractivity contribution is 9.10. The minimum atomic E-state index is -0.418. The van der Waals surface area contributed by atoms with Gasteiger partial charge in [0.2, 0.25) is 5.91 Å². The topological polar surface area (TPSA) is 81.1 Å². The molecule has 0 radical (unpaired) electrons. The quantitative estimate of drug-likeness (QED) is 0.777. The lowest BCUT2D eigenvalue weighted by molar-refractivity contribution is 0.100. The predicted octanol–water partition coefficient (Wildman–Crippen LogP) is 2.48. The van der Waals surface area contributed by atoms with Crippen LogP contribution in [0.5, 0.6) is 0 Å². The summed E-state index contributed by atoms with van der Waals surface area (Å²) in [6.45, 7) is 0.620. The molecule has 1 aromatic carbocycles. The molecule has 1 fully saturated rings. The zero-order chi connectivity index (χ0) is 13.8. The highest BCUT2D eigenvalue weighted by atomic mass is 79.9. The minimum absolute atomic E-state index is 0.290. The van der Waals surface area contributed by atoms with E-state index in [-0.39, 0.29) is 0 Å². The molecule has 104 valence electrons. The summed E-state index contributed by atoms with van der Waals surface area (Å²) in [6, 6.07) is 5.64. The molecule has 19 heavy (non-hydrogen) atoms. The van der Waals surface area contributed by atoms with Crippen LogP contribution in [0.15, 0.2) is 22.7 Å². The fourth-order valence-corrected chi connectivity index (χ4v) is 3.21. The third kappa shape index (κ3) is 3.48. The Morgan fingerprint density at radius 1 is 1.42 bits per heavy atom. The molecule has 0 saturated heterocycles. The van der Waals surface area contributed by atoms with E-state index >= 15 is 0 Å². The Bertz CT molecular complexity index is 458. The smallest absolute Gasteiger partial charge is 0.248 e. The lowest BCUT2D eigenvalue weighted by Gasteiger charge is -2.25. The fraction of sp³-hybridized carbons (Fsp3) is 0.500. The predicted molar refractivity (Wildman–Crippen MR) is 81.1 cm³/mol. The van der Waals surface area contributed by atoms with Crippen molar-refractivity contribution in [2.24, 2.45) is 17.4 Å². The molecule has 0 bridgehead atoms. The van der Waals surface area contributed by atoms with Gasteiger partial charge in [-0.2, -0.15) is 0 Å². The summed E-state index contributed by atoms with van der Waals surface area (Å²) in [7, 11) is 0. The normalized spacial score (nSPS) is 17.4. The molecule has 1 unspecified atom stereocenters. The standard InChI is InChI=1S/C14H20BrN3O/c15-11-7-10(14(17)19)5-6-12(11)18-13(8-16)9-3-1-2-4-9/h5-7,9,13,18H,1-4,8,16H2,(H2,17,19). The Morgan fingerprint density at radius 2 is 2.11 bits per heavy atom. The first kappa shape index (κ1) is 14.3. The maximum absolute atomic E-state index is 11.1. The van der Waals surface area contributed by atoms with Crippen LogP contribution >= 0.6 is 15.9 Å². The zero-order valence-corrected chi connectivity index (χ0v) is 12.4. The molecule has 1 aromatic rings. The van der Waals surface area contributed by atoms with Crippen molar-refractivity contribution in [1.29, 1.82) is 0 Å². The number of carbonyl (C=O) groups excluding carboxylic acids is 1. The number of hydrogen-bond donors (Lipinski definition) is 3. The second kappa shape index (κ2) is 6.39. The summed E-state index contributed by atoms with van der Waals surface area (Å²) >= 11 is 3.47. The van der Waals surface area contributed by atoms with Gasteiger partial charge in [-0.15, -0.1) is 0 Å². The molecule has 0 heterocycles. The fourth-order valence-electron chi connectivity index (χ4n) is 2.71. The Hall–Kier alpha value is -1.07. The van der Waals surface area contributed by atoms with Gasteiger partial charge in [-0.25, -0.2) is 0 Å². The third-order valence-electron chi connectivity index (χ3n) is 3.82. The van der Waals surface area contributed by atoms with Crippen molar-refractivity contribution in [2.45, 2.75) is 31.7 Å². The van der Waals surface area contributed by atoms with Gasteiger partial charge in [0, 0.05) is 28.3 Å². The molecule has 2 rings (SSSR count). The second-order valence-corrected chi connectivity index (χ2v) is 5.94. The van der Waals surface area contributed by atoms with E-state index < -0.39 is 5.91 Å². The molecule has 0 aromatic heterocycles. The van der Waals surface area contributed by atoms with Crippen molar-refractivity contribution in [3.63, 3.8) is 0 Å². The molecular formula is C14H20BrN3O. The maximum Gasteiger partial charge on any atom is 0.248 e. The lowest BCUT2D eigenvalue weighted by atomic mass is 9.98. The van der Waals surface area contributed by atoms with Gasteiger partial charge in [0.15, 0.2) is 0 Å². The van der Waals surface area contributed by atoms with Crippen molar-refractivity contribution in [1.82, 2.24) is 0 Å². The van der Waals surface area contributed by atoms with E-state index in [4.69, 9.17) is 11.5 Å². The van der Waals surface area contributed by atoms with Crippen LogP contribution in [-0.2, 0) is 0 Å². The van der Waals surface area contributed by atoms with Crippen LogP contribution in [0.3, 0.4) is 0 Å². The van der Waals surface area contributed by atoms with E-state index in [1.165, 1.54) is 25.7 Å². The van der Waals surface area contributed by atoms with Crippen molar-refractivity contribution < 1.29 is 4.79 Å². The largest absolute Gasteiger partial charge is 0.380 e. The van der Waals surface area contributed by atoms with Gasteiger partial charge < -0.3 is 16.8 Å². The van der Waals surface area contributed by atoms with E-state index in [1.54, 1.807) is 12.1 Å². The Kier molecular flexibility index (Phi) is 4.82. The first-order valence-corrected chi connectivity index (χ1v) is 7.47. The molecule has 5 N–H and O–H groups in total. The van der Waals surface area contributed by atoms with Crippen LogP contribution in [0.1, 0.15) is 36.0 Å². The summed E-state index contributed by atoms with van der Waals surface area (Å²) in [4.78, 5) is 11.1. The van der Waals surface area contributed by atoms with Gasteiger partial charge >= 0.3 is 0 Å². The van der Waals surface area contributed by atoms with E-state index in [0.29, 0.717) is 24.1 Å². The van der Waals surface area contributed by atoms with Crippen molar-refractivity contribution in [2.75, 3.05) is 11.9 Å². The van der Waals surface area contributed by atoms with Crippen molar-refractivity contribution in [3.05, 3.63) is 28.2 Å². The number of benzene rings is 1. The summed E-state index contributed by atoms with van der Waals surface area (Å²) < 4.78 is 0.847. The molecule has 0 aliphatic heterocycles. The Labute approximate surface area is 122 Å². The van der Waals surface area contributed by atoms with Crippen LogP contribution < -0.4 is 16.8 Å². The summed E-state index contributed by atoms with van der Waals surface area (Å²) in [5.74, 6) is 0.228. The molecule has 0 spiro atoms. The molecule has 5 heteroatoms. The van der Waals surface area contributed by atoms with Gasteiger partial charge in [0.25, 0.3) is 0 Å². The Morgan fingerprint density at radius 3 is 2.63 bits per heavy atom. The van der Waals surface area contributed by atoms with Gasteiger partial charge in [-0.05, 0) is 52.9 Å². The van der Waals surface area contributed by atoms with Crippen LogP contribution in [0.25, 0.3) is 0 Å². The Balaban J connectivity index is 2.10. The van der Waals surface area contributed by atoms with Crippen LogP contribution in [0.4, 0.5) is 5.69 Å². The number of nitrogens with one attached hydrogen (secondary N) is 1. The number of carbonyl (C=O) groups is 1. The average Bonchev–Trinajstić information content (AvgIpc) is 2.91. The van der Waals surface area contributed by atoms with E-state index in [0.717, 1.165) is 10.2 Å². The summed E-state index contributed by atoms with van der Waals surface area (Å²) in [6.07, 6.45) is 5.08. The van der Waals surface area contributed by atoms with E-state index in [2.05, 4.69) is 21.2 Å². The highest BCUT2D eigenvalue weighted by Crippen LogP contribution is 2.31. The molecule has 4 nitrogen and oxygen atoms in total. The van der Waals surface area contributed by atoms with Gasteiger partial charge in [-0.1, -0.05) is 12.8 Å². The number of nitrogens with two attached hydrogens (primary N) is 2. The monoisotopic (exact) mass is 325 g/mol.